The number of ether oxygens (including phenoxy) is 3. The van der Waals surface area contributed by atoms with Crippen molar-refractivity contribution in [3.05, 3.63) is 23.8 Å². The monoisotopic (exact) mass is 248 g/mol. The van der Waals surface area contributed by atoms with Crippen LogP contribution in [0.3, 0.4) is 0 Å². The molecule has 0 atom stereocenters. The molecular weight excluding hydrogens is 232 g/mol. The third-order valence-electron chi connectivity index (χ3n) is 2.31. The zero-order valence-electron chi connectivity index (χ0n) is 10.6. The van der Waals surface area contributed by atoms with Crippen LogP contribution >= 0.6 is 0 Å². The molecule has 0 saturated carbocycles. The van der Waals surface area contributed by atoms with Crippen molar-refractivity contribution in [1.82, 2.24) is 0 Å². The quantitative estimate of drug-likeness (QED) is 0.440. The van der Waals surface area contributed by atoms with Crippen LogP contribution in [0.4, 0.5) is 0 Å². The van der Waals surface area contributed by atoms with E-state index < -0.39 is 5.97 Å². The third kappa shape index (κ3) is 3.70. The van der Waals surface area contributed by atoms with Crippen LogP contribution in [0.15, 0.2) is 18.2 Å². The van der Waals surface area contributed by atoms with Gasteiger partial charge >= 0.3 is 5.97 Å². The van der Waals surface area contributed by atoms with Gasteiger partial charge in [0.05, 0.1) is 26.4 Å². The summed E-state index contributed by atoms with van der Waals surface area (Å²) >= 11 is 0. The predicted molar refractivity (Wildman–Crippen MR) is 67.9 cm³/mol. The molecule has 0 amide bonds. The topological polar surface area (TPSA) is 44.8 Å². The Kier molecular flexibility index (Phi) is 5.59. The van der Waals surface area contributed by atoms with E-state index in [-0.39, 0.29) is 0 Å². The van der Waals surface area contributed by atoms with Gasteiger partial charge in [-0.3, -0.25) is 0 Å². The Labute approximate surface area is 107 Å². The first-order chi connectivity index (χ1) is 8.72. The van der Waals surface area contributed by atoms with Gasteiger partial charge in [0.25, 0.3) is 0 Å². The van der Waals surface area contributed by atoms with Crippen LogP contribution in [0.1, 0.15) is 23.2 Å². The molecule has 4 heteroatoms. The van der Waals surface area contributed by atoms with Gasteiger partial charge in [-0.15, -0.1) is 12.3 Å². The van der Waals surface area contributed by atoms with Gasteiger partial charge in [-0.2, -0.15) is 0 Å². The maximum atomic E-state index is 11.4. The zero-order chi connectivity index (χ0) is 13.4. The van der Waals surface area contributed by atoms with E-state index in [2.05, 4.69) is 10.7 Å². The van der Waals surface area contributed by atoms with E-state index in [0.717, 1.165) is 6.42 Å². The lowest BCUT2D eigenvalue weighted by atomic mass is 10.2. The molecule has 0 aliphatic carbocycles. The van der Waals surface area contributed by atoms with Crippen molar-refractivity contribution in [2.24, 2.45) is 0 Å². The highest BCUT2D eigenvalue weighted by atomic mass is 16.5. The van der Waals surface area contributed by atoms with Crippen molar-refractivity contribution in [3.8, 4) is 23.8 Å². The summed E-state index contributed by atoms with van der Waals surface area (Å²) in [6, 6.07) is 4.90. The summed E-state index contributed by atoms with van der Waals surface area (Å²) in [4.78, 5) is 11.4. The molecule has 0 spiro atoms. The molecule has 1 rings (SSSR count). The minimum atomic E-state index is -0.410. The highest BCUT2D eigenvalue weighted by Crippen LogP contribution is 2.28. The van der Waals surface area contributed by atoms with Crippen molar-refractivity contribution >= 4 is 5.97 Å². The Balaban J connectivity index is 2.74. The number of benzene rings is 1. The fourth-order valence-electron chi connectivity index (χ4n) is 1.39. The van der Waals surface area contributed by atoms with E-state index in [1.54, 1.807) is 18.2 Å². The lowest BCUT2D eigenvalue weighted by Gasteiger charge is -2.11. The lowest BCUT2D eigenvalue weighted by Crippen LogP contribution is -2.03. The molecule has 0 aliphatic rings. The molecule has 0 saturated heterocycles. The van der Waals surface area contributed by atoms with Gasteiger partial charge in [0.2, 0.25) is 0 Å². The van der Waals surface area contributed by atoms with E-state index in [0.29, 0.717) is 30.1 Å². The summed E-state index contributed by atoms with van der Waals surface area (Å²) in [6.45, 7) is 0.512. The molecule has 0 radical (unpaired) electrons. The molecule has 0 unspecified atom stereocenters. The SMILES string of the molecule is C#CCCCOc1ccc(C(=O)OC)cc1OC. The lowest BCUT2D eigenvalue weighted by molar-refractivity contribution is 0.0600. The number of hydrogen-bond donors (Lipinski definition) is 0. The van der Waals surface area contributed by atoms with E-state index >= 15 is 0 Å². The highest BCUT2D eigenvalue weighted by Gasteiger charge is 2.10. The first-order valence-electron chi connectivity index (χ1n) is 5.55. The van der Waals surface area contributed by atoms with Gasteiger partial charge in [0, 0.05) is 6.42 Å². The molecule has 96 valence electrons. The number of rotatable bonds is 6. The number of carbonyl (C=O) groups is 1. The minimum Gasteiger partial charge on any atom is -0.493 e. The highest BCUT2D eigenvalue weighted by molar-refractivity contribution is 5.90. The van der Waals surface area contributed by atoms with Gasteiger partial charge in [0.1, 0.15) is 0 Å². The van der Waals surface area contributed by atoms with Crippen molar-refractivity contribution in [2.75, 3.05) is 20.8 Å². The summed E-state index contributed by atoms with van der Waals surface area (Å²) in [5.41, 5.74) is 0.422. The van der Waals surface area contributed by atoms with Crippen LogP contribution in [-0.4, -0.2) is 26.8 Å². The van der Waals surface area contributed by atoms with Crippen LogP contribution in [0.5, 0.6) is 11.5 Å². The van der Waals surface area contributed by atoms with Gasteiger partial charge in [-0.25, -0.2) is 4.79 Å². The molecule has 0 bridgehead atoms. The Hall–Kier alpha value is -2.15. The maximum Gasteiger partial charge on any atom is 0.337 e. The Morgan fingerprint density at radius 2 is 2.11 bits per heavy atom. The van der Waals surface area contributed by atoms with Crippen LogP contribution < -0.4 is 9.47 Å². The first-order valence-corrected chi connectivity index (χ1v) is 5.55. The average Bonchev–Trinajstić information content (AvgIpc) is 2.42. The van der Waals surface area contributed by atoms with E-state index in [1.165, 1.54) is 14.2 Å². The van der Waals surface area contributed by atoms with Crippen LogP contribution in [0.2, 0.25) is 0 Å². The minimum absolute atomic E-state index is 0.410. The number of terminal acetylenes is 1. The molecular formula is C14H16O4. The Morgan fingerprint density at radius 1 is 1.33 bits per heavy atom. The summed E-state index contributed by atoms with van der Waals surface area (Å²) in [5, 5.41) is 0. The number of methoxy groups -OCH3 is 2. The van der Waals surface area contributed by atoms with E-state index in [9.17, 15) is 4.79 Å². The van der Waals surface area contributed by atoms with Crippen LogP contribution in [0, 0.1) is 12.3 Å². The molecule has 0 aromatic heterocycles. The van der Waals surface area contributed by atoms with Gasteiger partial charge in [0.15, 0.2) is 11.5 Å². The molecule has 0 fully saturated rings. The maximum absolute atomic E-state index is 11.4. The van der Waals surface area contributed by atoms with Gasteiger partial charge in [-0.05, 0) is 24.6 Å². The van der Waals surface area contributed by atoms with Gasteiger partial charge in [-0.1, -0.05) is 0 Å². The smallest absolute Gasteiger partial charge is 0.337 e. The third-order valence-corrected chi connectivity index (χ3v) is 2.31. The van der Waals surface area contributed by atoms with Crippen molar-refractivity contribution in [3.63, 3.8) is 0 Å². The number of hydrogen-bond acceptors (Lipinski definition) is 4. The fourth-order valence-corrected chi connectivity index (χ4v) is 1.39. The normalized spacial score (nSPS) is 9.39. The molecule has 1 aromatic rings. The second kappa shape index (κ2) is 7.23. The molecule has 0 aliphatic heterocycles. The van der Waals surface area contributed by atoms with Crippen molar-refractivity contribution < 1.29 is 19.0 Å². The molecule has 0 heterocycles. The molecule has 18 heavy (non-hydrogen) atoms. The molecule has 0 N–H and O–H groups in total. The first kappa shape index (κ1) is 13.9. The van der Waals surface area contributed by atoms with E-state index in [1.807, 2.05) is 0 Å². The predicted octanol–water partition coefficient (Wildman–Crippen LogP) is 2.27. The van der Waals surface area contributed by atoms with Crippen LogP contribution in [0.25, 0.3) is 0 Å². The summed E-state index contributed by atoms with van der Waals surface area (Å²) < 4.78 is 15.3. The van der Waals surface area contributed by atoms with Crippen molar-refractivity contribution in [2.45, 2.75) is 12.8 Å². The number of unbranched alkanes of at least 4 members (excludes halogenated alkanes) is 1. The summed E-state index contributed by atoms with van der Waals surface area (Å²) in [5.74, 6) is 3.22. The van der Waals surface area contributed by atoms with Crippen molar-refractivity contribution in [1.29, 1.82) is 0 Å². The second-order valence-corrected chi connectivity index (χ2v) is 3.51. The van der Waals surface area contributed by atoms with E-state index in [4.69, 9.17) is 15.9 Å². The number of esters is 1. The molecule has 4 nitrogen and oxygen atoms in total. The van der Waals surface area contributed by atoms with Gasteiger partial charge < -0.3 is 14.2 Å². The van der Waals surface area contributed by atoms with Crippen LogP contribution in [-0.2, 0) is 4.74 Å². The Bertz CT molecular complexity index is 446. The largest absolute Gasteiger partial charge is 0.493 e. The number of carbonyl (C=O) groups excluding carboxylic acids is 1. The summed E-state index contributed by atoms with van der Waals surface area (Å²) in [7, 11) is 2.85. The summed E-state index contributed by atoms with van der Waals surface area (Å²) in [6.07, 6.45) is 6.60. The zero-order valence-corrected chi connectivity index (χ0v) is 10.6. The fraction of sp³-hybridized carbons (Fsp3) is 0.357. The standard InChI is InChI=1S/C14H16O4/c1-4-5-6-9-18-12-8-7-11(14(15)17-3)10-13(12)16-2/h1,7-8,10H,5-6,9H2,2-3H3. The molecule has 1 aromatic carbocycles. The average molecular weight is 248 g/mol. The second-order valence-electron chi connectivity index (χ2n) is 3.51. The Morgan fingerprint density at radius 3 is 2.72 bits per heavy atom.